The zero-order valence-corrected chi connectivity index (χ0v) is 34.9. The number of nitrogens with two attached hydrogens (primary N) is 3. The lowest BCUT2D eigenvalue weighted by Gasteiger charge is -2.32. The van der Waals surface area contributed by atoms with Gasteiger partial charge in [-0.15, -0.1) is 0 Å². The maximum absolute atomic E-state index is 14.6. The highest BCUT2D eigenvalue weighted by atomic mass is 19.4. The third-order valence-corrected chi connectivity index (χ3v) is 10.4. The number of alkyl halides is 3. The Morgan fingerprint density at radius 3 is 1.97 bits per heavy atom. The predicted molar refractivity (Wildman–Crippen MR) is 228 cm³/mol. The fourth-order valence-electron chi connectivity index (χ4n) is 7.10. The molecule has 0 spiro atoms. The van der Waals surface area contributed by atoms with E-state index < -0.39 is 65.5 Å². The Hall–Kier alpha value is -6.50. The van der Waals surface area contributed by atoms with Crippen LogP contribution in [0, 0.1) is 0 Å². The van der Waals surface area contributed by atoms with Crippen molar-refractivity contribution in [1.82, 2.24) is 20.9 Å². The van der Waals surface area contributed by atoms with E-state index in [0.717, 1.165) is 17.0 Å². The number of amides is 4. The van der Waals surface area contributed by atoms with Crippen LogP contribution in [0.3, 0.4) is 0 Å². The summed E-state index contributed by atoms with van der Waals surface area (Å²) < 4.78 is 51.4. The summed E-state index contributed by atoms with van der Waals surface area (Å²) in [6, 6.07) is 15.3. The number of hydrogen-bond donors (Lipinski definition) is 7. The number of fused-ring (bicyclic) bond motifs is 5. The van der Waals surface area contributed by atoms with Crippen molar-refractivity contribution in [3.63, 3.8) is 0 Å². The molecule has 1 aliphatic heterocycles. The van der Waals surface area contributed by atoms with Gasteiger partial charge < -0.3 is 52.6 Å². The standard InChI is InChI=1S/C45H52F3N7O8/c1-26-40(56)54-36(44(60)61)24-27-6-16-37(62-21-19-50)33(23-27)34-25-31(13-17-38(34)63-22-20-51)39(42(58)52-26)55(2)43(59)35(5-3-4-18-49)53-41(57)30-9-7-28(8-10-30)29-11-14-32(15-12-29)45(46,47)48/h6-17,23,25-26,35-36,39H,3-5,18-22,24,49-51H2,1-2H3,(H,52,58)(H,53,57)(H,54,56)(H,60,61). The summed E-state index contributed by atoms with van der Waals surface area (Å²) in [5, 5.41) is 18.0. The summed E-state index contributed by atoms with van der Waals surface area (Å²) in [5.74, 6) is -3.48. The fraction of sp³-hybridized carbons (Fsp3) is 0.356. The van der Waals surface area contributed by atoms with E-state index in [1.165, 1.54) is 38.2 Å². The van der Waals surface area contributed by atoms with Gasteiger partial charge in [0.05, 0.1) is 5.56 Å². The van der Waals surface area contributed by atoms with Crippen LogP contribution in [0.5, 0.6) is 11.5 Å². The van der Waals surface area contributed by atoms with Crippen LogP contribution in [-0.4, -0.2) is 97.6 Å². The van der Waals surface area contributed by atoms with Gasteiger partial charge in [-0.2, -0.15) is 13.2 Å². The van der Waals surface area contributed by atoms with Crippen molar-refractivity contribution >= 4 is 29.6 Å². The number of carbonyl (C=O) groups is 5. The van der Waals surface area contributed by atoms with Gasteiger partial charge in [-0.1, -0.05) is 36.4 Å². The summed E-state index contributed by atoms with van der Waals surface area (Å²) in [6.45, 7) is 2.27. The van der Waals surface area contributed by atoms with Crippen molar-refractivity contribution in [3.8, 4) is 33.8 Å². The molecule has 15 nitrogen and oxygen atoms in total. The zero-order valence-electron chi connectivity index (χ0n) is 34.9. The molecule has 4 amide bonds. The summed E-state index contributed by atoms with van der Waals surface area (Å²) in [4.78, 5) is 69.8. The SMILES string of the molecule is CC1NC(=O)C(N(C)C(=O)C(CCCCN)NC(=O)c2ccc(-c3ccc(C(F)(F)F)cc3)cc2)c2ccc(OCCN)c(c2)-c2cc(ccc2OCCN)CC(C(=O)O)NC1=O. The lowest BCUT2D eigenvalue weighted by atomic mass is 9.93. The normalized spacial score (nSPS) is 17.0. The van der Waals surface area contributed by atoms with Gasteiger partial charge >= 0.3 is 12.1 Å². The minimum absolute atomic E-state index is 0.111. The number of unbranched alkanes of at least 4 members (excludes halogenated alkanes) is 1. The van der Waals surface area contributed by atoms with Crippen molar-refractivity contribution in [2.75, 3.05) is 39.9 Å². The Labute approximate surface area is 362 Å². The molecule has 0 radical (unpaired) electrons. The van der Waals surface area contributed by atoms with Crippen LogP contribution in [0.2, 0.25) is 0 Å². The van der Waals surface area contributed by atoms with E-state index in [0.29, 0.717) is 58.7 Å². The summed E-state index contributed by atoms with van der Waals surface area (Å²) in [6.07, 6.45) is -3.54. The highest BCUT2D eigenvalue weighted by Gasteiger charge is 2.36. The van der Waals surface area contributed by atoms with Crippen LogP contribution in [0.4, 0.5) is 13.2 Å². The Morgan fingerprint density at radius 2 is 1.40 bits per heavy atom. The van der Waals surface area contributed by atoms with Gasteiger partial charge in [0.25, 0.3) is 5.91 Å². The number of carboxylic acid groups (broad SMARTS) is 1. The first-order chi connectivity index (χ1) is 30.1. The Balaban J connectivity index is 1.55. The smallest absolute Gasteiger partial charge is 0.416 e. The number of carbonyl (C=O) groups excluding carboxylic acids is 4. The topological polar surface area (TPSA) is 241 Å². The number of ether oxygens (including phenoxy) is 2. The Kier molecular flexibility index (Phi) is 16.2. The second-order valence-corrected chi connectivity index (χ2v) is 15.0. The fourth-order valence-corrected chi connectivity index (χ4v) is 7.10. The molecule has 4 bridgehead atoms. The minimum atomic E-state index is -4.49. The molecule has 1 heterocycles. The van der Waals surface area contributed by atoms with Crippen LogP contribution in [0.15, 0.2) is 84.9 Å². The van der Waals surface area contributed by atoms with Crippen LogP contribution in [-0.2, 0) is 31.8 Å². The number of aliphatic carboxylic acids is 1. The van der Waals surface area contributed by atoms with E-state index in [-0.39, 0.29) is 50.3 Å². The predicted octanol–water partition coefficient (Wildman–Crippen LogP) is 3.77. The Bertz CT molecular complexity index is 2260. The van der Waals surface area contributed by atoms with Crippen LogP contribution in [0.1, 0.15) is 59.3 Å². The van der Waals surface area contributed by atoms with Gasteiger partial charge in [-0.05, 0) is 104 Å². The van der Waals surface area contributed by atoms with Gasteiger partial charge in [0, 0.05) is 43.2 Å². The lowest BCUT2D eigenvalue weighted by Crippen LogP contribution is -2.54. The minimum Gasteiger partial charge on any atom is -0.492 e. The van der Waals surface area contributed by atoms with Gasteiger partial charge in [0.15, 0.2) is 0 Å². The van der Waals surface area contributed by atoms with Crippen molar-refractivity contribution < 1.29 is 51.7 Å². The maximum Gasteiger partial charge on any atom is 0.416 e. The number of likely N-dealkylation sites (N-methyl/N-ethyl adjacent to an activating group) is 1. The number of nitrogens with zero attached hydrogens (tertiary/aromatic N) is 1. The van der Waals surface area contributed by atoms with Gasteiger partial charge in [-0.3, -0.25) is 19.2 Å². The van der Waals surface area contributed by atoms with Crippen LogP contribution in [0.25, 0.3) is 22.3 Å². The first kappa shape index (κ1) is 47.5. The highest BCUT2D eigenvalue weighted by Crippen LogP contribution is 2.40. The quantitative estimate of drug-likeness (QED) is 0.0800. The molecule has 18 heteroatoms. The third-order valence-electron chi connectivity index (χ3n) is 10.4. The summed E-state index contributed by atoms with van der Waals surface area (Å²) in [7, 11) is 1.39. The van der Waals surface area contributed by atoms with E-state index >= 15 is 0 Å². The second kappa shape index (κ2) is 21.5. The highest BCUT2D eigenvalue weighted by molar-refractivity contribution is 5.99. The maximum atomic E-state index is 14.6. The molecule has 1 aliphatic rings. The number of halogens is 3. The Morgan fingerprint density at radius 1 is 0.810 bits per heavy atom. The van der Waals surface area contributed by atoms with Gasteiger partial charge in [0.1, 0.15) is 48.9 Å². The van der Waals surface area contributed by atoms with E-state index in [1.54, 1.807) is 48.5 Å². The molecule has 5 rings (SSSR count). The molecular formula is C45H52F3N7O8. The molecule has 4 aromatic rings. The van der Waals surface area contributed by atoms with E-state index in [4.69, 9.17) is 26.7 Å². The van der Waals surface area contributed by atoms with Crippen LogP contribution >= 0.6 is 0 Å². The average molecular weight is 876 g/mol. The van der Waals surface area contributed by atoms with E-state index in [2.05, 4.69) is 16.0 Å². The molecule has 0 fully saturated rings. The number of nitrogens with one attached hydrogen (secondary N) is 3. The molecular weight excluding hydrogens is 824 g/mol. The zero-order chi connectivity index (χ0) is 45.8. The van der Waals surface area contributed by atoms with E-state index in [1.807, 2.05) is 0 Å². The summed E-state index contributed by atoms with van der Waals surface area (Å²) >= 11 is 0. The number of carboxylic acids is 1. The van der Waals surface area contributed by atoms with Crippen molar-refractivity contribution in [2.24, 2.45) is 17.2 Å². The lowest BCUT2D eigenvalue weighted by molar-refractivity contribution is -0.143. The first-order valence-corrected chi connectivity index (χ1v) is 20.4. The monoisotopic (exact) mass is 875 g/mol. The number of benzene rings is 4. The molecule has 0 aliphatic carbocycles. The largest absolute Gasteiger partial charge is 0.492 e. The number of rotatable bonds is 16. The first-order valence-electron chi connectivity index (χ1n) is 20.4. The average Bonchev–Trinajstić information content (AvgIpc) is 3.26. The summed E-state index contributed by atoms with van der Waals surface area (Å²) in [5.41, 5.74) is 19.4. The molecule has 0 saturated carbocycles. The van der Waals surface area contributed by atoms with Crippen LogP contribution < -0.4 is 42.6 Å². The molecule has 0 saturated heterocycles. The second-order valence-electron chi connectivity index (χ2n) is 15.0. The van der Waals surface area contributed by atoms with Crippen molar-refractivity contribution in [3.05, 3.63) is 107 Å². The molecule has 4 aromatic carbocycles. The van der Waals surface area contributed by atoms with Crippen molar-refractivity contribution in [1.29, 1.82) is 0 Å². The molecule has 4 atom stereocenters. The van der Waals surface area contributed by atoms with E-state index in [9.17, 15) is 42.3 Å². The molecule has 336 valence electrons. The number of hydrogen-bond acceptors (Lipinski definition) is 10. The van der Waals surface area contributed by atoms with Gasteiger partial charge in [-0.25, -0.2) is 4.79 Å². The third kappa shape index (κ3) is 12.1. The molecule has 10 N–H and O–H groups in total. The molecule has 4 unspecified atom stereocenters. The molecule has 0 aromatic heterocycles. The van der Waals surface area contributed by atoms with Crippen molar-refractivity contribution in [2.45, 2.75) is 63.0 Å². The van der Waals surface area contributed by atoms with Gasteiger partial charge in [0.2, 0.25) is 17.7 Å². The molecule has 63 heavy (non-hydrogen) atoms.